The molecule has 0 aliphatic carbocycles. The molecule has 0 heterocycles. The van der Waals surface area contributed by atoms with Gasteiger partial charge in [0.05, 0.1) is 7.11 Å². The monoisotopic (exact) mass is 213 g/mol. The van der Waals surface area contributed by atoms with E-state index in [9.17, 15) is 0 Å². The van der Waals surface area contributed by atoms with E-state index >= 15 is 0 Å². The molecule has 78 valence electrons. The second-order valence-electron chi connectivity index (χ2n) is 2.92. The van der Waals surface area contributed by atoms with Gasteiger partial charge in [-0.3, -0.25) is 0 Å². The molecule has 0 saturated heterocycles. The van der Waals surface area contributed by atoms with Gasteiger partial charge in [0.15, 0.2) is 0 Å². The number of hydrogen-bond acceptors (Lipinski definition) is 4. The summed E-state index contributed by atoms with van der Waals surface area (Å²) in [7, 11) is 1.67. The van der Waals surface area contributed by atoms with Crippen LogP contribution in [0.15, 0.2) is 23.1 Å². The van der Waals surface area contributed by atoms with E-state index in [4.69, 9.17) is 9.94 Å². The van der Waals surface area contributed by atoms with Crippen molar-refractivity contribution in [3.8, 4) is 5.75 Å². The van der Waals surface area contributed by atoms with Gasteiger partial charge in [0.1, 0.15) is 5.75 Å². The van der Waals surface area contributed by atoms with Crippen LogP contribution in [0.1, 0.15) is 18.9 Å². The van der Waals surface area contributed by atoms with Crippen molar-refractivity contribution in [1.82, 2.24) is 4.89 Å². The Bertz CT molecular complexity index is 291. The molecule has 0 aromatic heterocycles. The molecule has 2 N–H and O–H groups in total. The van der Waals surface area contributed by atoms with Gasteiger partial charge in [0.2, 0.25) is 0 Å². The van der Waals surface area contributed by atoms with Crippen LogP contribution in [0.2, 0.25) is 0 Å². The lowest BCUT2D eigenvalue weighted by Gasteiger charge is -2.08. The molecular weight excluding hydrogens is 198 g/mol. The maximum atomic E-state index is 8.55. The Balaban J connectivity index is 2.88. The number of rotatable bonds is 5. The first-order chi connectivity index (χ1) is 6.81. The lowest BCUT2D eigenvalue weighted by Crippen LogP contribution is -1.95. The Morgan fingerprint density at radius 3 is 2.86 bits per heavy atom. The molecule has 1 aromatic rings. The molecule has 14 heavy (non-hydrogen) atoms. The number of methoxy groups -OCH3 is 1. The van der Waals surface area contributed by atoms with Crippen molar-refractivity contribution in [2.24, 2.45) is 0 Å². The zero-order valence-corrected chi connectivity index (χ0v) is 9.23. The number of hydrogen-bond donors (Lipinski definition) is 2. The minimum absolute atomic E-state index is 0.911. The van der Waals surface area contributed by atoms with E-state index in [0.29, 0.717) is 0 Å². The first-order valence-corrected chi connectivity index (χ1v) is 5.36. The first-order valence-electron chi connectivity index (χ1n) is 4.54. The second kappa shape index (κ2) is 5.90. The summed E-state index contributed by atoms with van der Waals surface area (Å²) >= 11 is 1.18. The summed E-state index contributed by atoms with van der Waals surface area (Å²) in [6.45, 7) is 2.13. The summed E-state index contributed by atoms with van der Waals surface area (Å²) < 4.78 is 5.24. The molecule has 0 fully saturated rings. The van der Waals surface area contributed by atoms with Gasteiger partial charge in [-0.05, 0) is 42.1 Å². The Hall–Kier alpha value is -0.710. The first kappa shape index (κ1) is 11.4. The van der Waals surface area contributed by atoms with Crippen LogP contribution in [-0.2, 0) is 6.42 Å². The highest BCUT2D eigenvalue weighted by atomic mass is 32.2. The van der Waals surface area contributed by atoms with Crippen LogP contribution in [0.25, 0.3) is 0 Å². The maximum absolute atomic E-state index is 8.55. The van der Waals surface area contributed by atoms with Crippen LogP contribution < -0.4 is 9.62 Å². The van der Waals surface area contributed by atoms with Crippen LogP contribution in [0, 0.1) is 0 Å². The van der Waals surface area contributed by atoms with Crippen LogP contribution in [0.4, 0.5) is 0 Å². The highest BCUT2D eigenvalue weighted by Crippen LogP contribution is 2.25. The Kier molecular flexibility index (Phi) is 4.79. The number of nitrogens with one attached hydrogen (secondary N) is 1. The smallest absolute Gasteiger partial charge is 0.122 e. The van der Waals surface area contributed by atoms with Gasteiger partial charge in [-0.2, -0.15) is 0 Å². The van der Waals surface area contributed by atoms with Crippen molar-refractivity contribution in [2.45, 2.75) is 24.7 Å². The Morgan fingerprint density at radius 1 is 1.50 bits per heavy atom. The molecule has 0 spiro atoms. The second-order valence-corrected chi connectivity index (χ2v) is 3.78. The van der Waals surface area contributed by atoms with E-state index in [0.717, 1.165) is 23.5 Å². The molecule has 0 bridgehead atoms. The lowest BCUT2D eigenvalue weighted by molar-refractivity contribution is 0.258. The Labute approximate surface area is 88.6 Å². The third kappa shape index (κ3) is 2.90. The number of ether oxygens (including phenoxy) is 1. The molecule has 0 aliphatic rings. The minimum Gasteiger partial charge on any atom is -0.496 e. The predicted molar refractivity (Wildman–Crippen MR) is 57.8 cm³/mol. The van der Waals surface area contributed by atoms with E-state index in [2.05, 4.69) is 11.8 Å². The number of aryl methyl sites for hydroxylation is 1. The standard InChI is InChI=1S/C10H15NO2S/c1-3-4-8-7-9(14-11-12)5-6-10(8)13-2/h5-7,11-12H,3-4H2,1-2H3. The highest BCUT2D eigenvalue weighted by Gasteiger charge is 2.03. The van der Waals surface area contributed by atoms with Crippen LogP contribution in [0.5, 0.6) is 5.75 Å². The van der Waals surface area contributed by atoms with Crippen molar-refractivity contribution >= 4 is 11.9 Å². The molecule has 0 unspecified atom stereocenters. The summed E-state index contributed by atoms with van der Waals surface area (Å²) in [4.78, 5) is 3.05. The molecule has 0 amide bonds. The molecule has 4 heteroatoms. The van der Waals surface area contributed by atoms with E-state index in [1.165, 1.54) is 17.5 Å². The molecule has 0 radical (unpaired) electrons. The highest BCUT2D eigenvalue weighted by molar-refractivity contribution is 7.97. The molecule has 0 atom stereocenters. The summed E-state index contributed by atoms with van der Waals surface area (Å²) in [5.74, 6) is 0.911. The van der Waals surface area contributed by atoms with Gasteiger partial charge in [-0.25, -0.2) is 0 Å². The molecule has 1 aromatic carbocycles. The lowest BCUT2D eigenvalue weighted by atomic mass is 10.1. The summed E-state index contributed by atoms with van der Waals surface area (Å²) in [5, 5.41) is 8.55. The predicted octanol–water partition coefficient (Wildman–Crippen LogP) is 2.63. The van der Waals surface area contributed by atoms with E-state index < -0.39 is 0 Å². The van der Waals surface area contributed by atoms with Crippen molar-refractivity contribution in [1.29, 1.82) is 0 Å². The van der Waals surface area contributed by atoms with Gasteiger partial charge >= 0.3 is 0 Å². The summed E-state index contributed by atoms with van der Waals surface area (Å²) in [6, 6.07) is 5.85. The number of benzene rings is 1. The fourth-order valence-electron chi connectivity index (χ4n) is 1.34. The van der Waals surface area contributed by atoms with Crippen molar-refractivity contribution in [3.63, 3.8) is 0 Å². The summed E-state index contributed by atoms with van der Waals surface area (Å²) in [5.41, 5.74) is 1.18. The van der Waals surface area contributed by atoms with Gasteiger partial charge in [0, 0.05) is 4.90 Å². The van der Waals surface area contributed by atoms with E-state index in [-0.39, 0.29) is 0 Å². The van der Waals surface area contributed by atoms with Crippen molar-refractivity contribution in [2.75, 3.05) is 7.11 Å². The molecule has 3 nitrogen and oxygen atoms in total. The molecule has 1 rings (SSSR count). The quantitative estimate of drug-likeness (QED) is 0.583. The van der Waals surface area contributed by atoms with Gasteiger partial charge in [-0.1, -0.05) is 13.3 Å². The molecule has 0 aliphatic heterocycles. The average molecular weight is 213 g/mol. The fraction of sp³-hybridized carbons (Fsp3) is 0.400. The largest absolute Gasteiger partial charge is 0.496 e. The fourth-order valence-corrected chi connectivity index (χ4v) is 1.78. The zero-order chi connectivity index (χ0) is 10.4. The van der Waals surface area contributed by atoms with Crippen LogP contribution in [-0.4, -0.2) is 12.3 Å². The van der Waals surface area contributed by atoms with E-state index in [1.807, 2.05) is 18.2 Å². The zero-order valence-electron chi connectivity index (χ0n) is 8.41. The normalized spacial score (nSPS) is 10.2. The van der Waals surface area contributed by atoms with Crippen LogP contribution >= 0.6 is 11.9 Å². The third-order valence-corrected chi connectivity index (χ3v) is 2.52. The maximum Gasteiger partial charge on any atom is 0.122 e. The third-order valence-electron chi connectivity index (χ3n) is 1.93. The topological polar surface area (TPSA) is 41.5 Å². The van der Waals surface area contributed by atoms with Crippen LogP contribution in [0.3, 0.4) is 0 Å². The minimum atomic E-state index is 0.911. The van der Waals surface area contributed by atoms with Gasteiger partial charge in [-0.15, -0.1) is 4.89 Å². The average Bonchev–Trinajstić information content (AvgIpc) is 2.19. The van der Waals surface area contributed by atoms with Gasteiger partial charge in [0.25, 0.3) is 0 Å². The Morgan fingerprint density at radius 2 is 2.29 bits per heavy atom. The van der Waals surface area contributed by atoms with E-state index in [1.54, 1.807) is 7.11 Å². The van der Waals surface area contributed by atoms with Gasteiger partial charge < -0.3 is 9.94 Å². The summed E-state index contributed by atoms with van der Waals surface area (Å²) in [6.07, 6.45) is 2.07. The van der Waals surface area contributed by atoms with Crippen molar-refractivity contribution in [3.05, 3.63) is 23.8 Å². The molecule has 0 saturated carbocycles. The SMILES string of the molecule is CCCc1cc(SNO)ccc1OC. The van der Waals surface area contributed by atoms with Crippen molar-refractivity contribution < 1.29 is 9.94 Å². The molecular formula is C10H15NO2S.